The number of rotatable bonds is 8. The summed E-state index contributed by atoms with van der Waals surface area (Å²) >= 11 is 0. The third-order valence-electron chi connectivity index (χ3n) is 9.66. The van der Waals surface area contributed by atoms with E-state index in [-0.39, 0.29) is 18.1 Å². The summed E-state index contributed by atoms with van der Waals surface area (Å²) in [6, 6.07) is 18.5. The number of fused-ring (bicyclic) bond motifs is 1. The summed E-state index contributed by atoms with van der Waals surface area (Å²) in [5, 5.41) is 15.9. The summed E-state index contributed by atoms with van der Waals surface area (Å²) in [6.45, 7) is 9.60. The van der Waals surface area contributed by atoms with Crippen molar-refractivity contribution in [2.24, 2.45) is 5.41 Å². The van der Waals surface area contributed by atoms with Gasteiger partial charge in [0.15, 0.2) is 11.3 Å². The minimum Gasteiger partial charge on any atom is -0.378 e. The Labute approximate surface area is 257 Å². The molecule has 0 radical (unpaired) electrons. The van der Waals surface area contributed by atoms with Gasteiger partial charge in [-0.05, 0) is 101 Å². The molecule has 10 heteroatoms. The number of carbonyl (C=O) groups is 1. The molecule has 2 fully saturated rings. The zero-order chi connectivity index (χ0) is 31.1. The fraction of sp³-hybridized carbons (Fsp3) is 0.412. The van der Waals surface area contributed by atoms with E-state index in [1.54, 1.807) is 24.3 Å². The van der Waals surface area contributed by atoms with E-state index in [9.17, 15) is 18.7 Å². The van der Waals surface area contributed by atoms with Gasteiger partial charge in [0.1, 0.15) is 5.56 Å². The van der Waals surface area contributed by atoms with Crippen molar-refractivity contribution in [1.82, 2.24) is 14.9 Å². The van der Waals surface area contributed by atoms with E-state index in [0.29, 0.717) is 27.5 Å². The number of likely N-dealkylation sites (tertiary alicyclic amines) is 1. The molecule has 0 bridgehead atoms. The first kappa shape index (κ1) is 30.2. The Bertz CT molecular complexity index is 1510. The zero-order valence-corrected chi connectivity index (χ0v) is 25.4. The molecular formula is C34H41F2N6O2+. The molecule has 3 aromatic rings. The molecule has 0 saturated carbocycles. The number of aliphatic hydroxyl groups is 1. The van der Waals surface area contributed by atoms with Gasteiger partial charge in [0, 0.05) is 42.3 Å². The van der Waals surface area contributed by atoms with Crippen molar-refractivity contribution in [3.8, 4) is 0 Å². The van der Waals surface area contributed by atoms with Crippen LogP contribution >= 0.6 is 0 Å². The van der Waals surface area contributed by atoms with Gasteiger partial charge in [-0.25, -0.2) is 8.78 Å². The van der Waals surface area contributed by atoms with Gasteiger partial charge in [0.2, 0.25) is 0 Å². The van der Waals surface area contributed by atoms with Gasteiger partial charge in [0.25, 0.3) is 12.2 Å². The van der Waals surface area contributed by atoms with E-state index in [1.807, 2.05) is 12.1 Å². The minimum atomic E-state index is -3.02. The van der Waals surface area contributed by atoms with Crippen molar-refractivity contribution >= 4 is 34.5 Å². The summed E-state index contributed by atoms with van der Waals surface area (Å²) in [4.78, 5) is 22.7. The number of pyridine rings is 1. The maximum Gasteiger partial charge on any atom is 0.305 e. The highest BCUT2D eigenvalue weighted by molar-refractivity contribution is 6.00. The number of benzene rings is 2. The number of piperidine rings is 2. The summed E-state index contributed by atoms with van der Waals surface area (Å²) < 4.78 is 27.2. The number of aromatic nitrogens is 1. The Balaban J connectivity index is 1.20. The molecule has 2 aromatic carbocycles. The van der Waals surface area contributed by atoms with Crippen LogP contribution in [-0.2, 0) is 5.60 Å². The molecule has 8 nitrogen and oxygen atoms in total. The summed E-state index contributed by atoms with van der Waals surface area (Å²) in [7, 11) is 2.22. The standard InChI is InChI=1S/C34H40F2N6O2/c1-4-18-41-31(43)27-13-10-25(23-28(27)42(41)30-7-5-6-29(38-30)33(2,44)32(35)36)37-24-8-11-26(12-9-24)40-21-16-34(17-22-40)14-19-39(3)20-15-34/h4-13,23,32,37,44H,1,14-22H2,2-3H3/p+1. The molecule has 3 aliphatic rings. The van der Waals surface area contributed by atoms with Gasteiger partial charge in [-0.1, -0.05) is 12.1 Å². The highest BCUT2D eigenvalue weighted by atomic mass is 19.3. The first-order chi connectivity index (χ1) is 21.1. The SMILES string of the molecule is C=CCN1C(=O)c2ccc(Nc3ccc(N4CCC5(CCN(C)CC5)CC4)cc3)cc2[NH+]1c1cccc(C(C)(O)C(F)F)n1. The van der Waals surface area contributed by atoms with E-state index in [4.69, 9.17) is 0 Å². The molecule has 4 heterocycles. The number of amides is 1. The molecule has 2 saturated heterocycles. The Morgan fingerprint density at radius 3 is 2.36 bits per heavy atom. The highest BCUT2D eigenvalue weighted by Crippen LogP contribution is 2.42. The lowest BCUT2D eigenvalue weighted by atomic mass is 9.71. The molecule has 232 valence electrons. The molecule has 2 atom stereocenters. The molecular weight excluding hydrogens is 562 g/mol. The van der Waals surface area contributed by atoms with Crippen molar-refractivity contribution in [3.05, 3.63) is 84.6 Å². The Kier molecular flexibility index (Phi) is 8.17. The number of halogens is 2. The van der Waals surface area contributed by atoms with Crippen LogP contribution in [0.25, 0.3) is 0 Å². The lowest BCUT2D eigenvalue weighted by Gasteiger charge is -2.46. The maximum atomic E-state index is 13.6. The van der Waals surface area contributed by atoms with Gasteiger partial charge in [-0.15, -0.1) is 11.6 Å². The van der Waals surface area contributed by atoms with Crippen molar-refractivity contribution in [3.63, 3.8) is 0 Å². The molecule has 6 rings (SSSR count). The van der Waals surface area contributed by atoms with Crippen LogP contribution in [0.1, 0.15) is 48.7 Å². The lowest BCUT2D eigenvalue weighted by Crippen LogP contribution is -3.08. The van der Waals surface area contributed by atoms with Crippen LogP contribution in [0, 0.1) is 5.41 Å². The van der Waals surface area contributed by atoms with Gasteiger partial charge >= 0.3 is 5.91 Å². The maximum absolute atomic E-state index is 13.6. The second-order valence-corrected chi connectivity index (χ2v) is 12.6. The monoisotopic (exact) mass is 603 g/mol. The van der Waals surface area contributed by atoms with Crippen LogP contribution in [0.15, 0.2) is 73.3 Å². The predicted octanol–water partition coefficient (Wildman–Crippen LogP) is 5.01. The van der Waals surface area contributed by atoms with Crippen LogP contribution in [0.3, 0.4) is 0 Å². The van der Waals surface area contributed by atoms with E-state index in [2.05, 4.69) is 58.0 Å². The average Bonchev–Trinajstić information content (AvgIpc) is 3.30. The second kappa shape index (κ2) is 11.9. The third kappa shape index (κ3) is 5.69. The van der Waals surface area contributed by atoms with Crippen molar-refractivity contribution in [2.45, 2.75) is 44.6 Å². The summed E-state index contributed by atoms with van der Waals surface area (Å²) in [5.41, 5.74) is 1.96. The second-order valence-electron chi connectivity index (χ2n) is 12.6. The van der Waals surface area contributed by atoms with Crippen molar-refractivity contribution in [2.75, 3.05) is 50.0 Å². The number of hydrogen-bond donors (Lipinski definition) is 3. The fourth-order valence-corrected chi connectivity index (χ4v) is 6.69. The Morgan fingerprint density at radius 1 is 1.05 bits per heavy atom. The Hall–Kier alpha value is -3.86. The van der Waals surface area contributed by atoms with Gasteiger partial charge < -0.3 is 20.2 Å². The van der Waals surface area contributed by atoms with Gasteiger partial charge in [-0.2, -0.15) is 9.99 Å². The molecule has 3 N–H and O–H groups in total. The largest absolute Gasteiger partial charge is 0.378 e. The minimum absolute atomic E-state index is 0.165. The fourth-order valence-electron chi connectivity index (χ4n) is 6.69. The smallest absolute Gasteiger partial charge is 0.305 e. The summed E-state index contributed by atoms with van der Waals surface area (Å²) in [6.07, 6.45) is 3.68. The van der Waals surface area contributed by atoms with Crippen molar-refractivity contribution < 1.29 is 23.7 Å². The number of nitrogens with one attached hydrogen (secondary N) is 2. The molecule has 3 aliphatic heterocycles. The highest BCUT2D eigenvalue weighted by Gasteiger charge is 2.43. The number of carbonyl (C=O) groups excluding carboxylic acids is 1. The number of alkyl halides is 2. The first-order valence-electron chi connectivity index (χ1n) is 15.3. The molecule has 0 aliphatic carbocycles. The van der Waals surface area contributed by atoms with Gasteiger partial charge in [-0.3, -0.25) is 4.79 Å². The molecule has 2 unspecified atom stereocenters. The number of nitrogens with zero attached hydrogens (tertiary/aromatic N) is 4. The number of quaternary nitrogens is 1. The molecule has 44 heavy (non-hydrogen) atoms. The number of hydrogen-bond acceptors (Lipinski definition) is 6. The molecule has 1 amide bonds. The average molecular weight is 604 g/mol. The van der Waals surface area contributed by atoms with Crippen LogP contribution in [0.5, 0.6) is 0 Å². The third-order valence-corrected chi connectivity index (χ3v) is 9.66. The summed E-state index contributed by atoms with van der Waals surface area (Å²) in [5.74, 6) is 0.102. The van der Waals surface area contributed by atoms with Crippen LogP contribution in [0.4, 0.5) is 37.3 Å². The van der Waals surface area contributed by atoms with E-state index >= 15 is 0 Å². The van der Waals surface area contributed by atoms with E-state index < -0.39 is 12.0 Å². The lowest BCUT2D eigenvalue weighted by molar-refractivity contribution is -0.877. The van der Waals surface area contributed by atoms with Crippen LogP contribution in [-0.4, -0.2) is 72.1 Å². The normalized spacial score (nSPS) is 21.4. The Morgan fingerprint density at radius 2 is 1.70 bits per heavy atom. The van der Waals surface area contributed by atoms with Gasteiger partial charge in [0.05, 0.1) is 12.2 Å². The quantitative estimate of drug-likeness (QED) is 0.314. The van der Waals surface area contributed by atoms with E-state index in [0.717, 1.165) is 31.4 Å². The predicted molar refractivity (Wildman–Crippen MR) is 168 cm³/mol. The molecule has 1 spiro atoms. The van der Waals surface area contributed by atoms with E-state index in [1.165, 1.54) is 55.5 Å². The van der Waals surface area contributed by atoms with Crippen LogP contribution in [0.2, 0.25) is 0 Å². The van der Waals surface area contributed by atoms with Crippen LogP contribution < -0.4 is 15.2 Å². The zero-order valence-electron chi connectivity index (χ0n) is 25.4. The first-order valence-corrected chi connectivity index (χ1v) is 15.3. The molecule has 1 aromatic heterocycles. The number of anilines is 3. The van der Waals surface area contributed by atoms with Crippen molar-refractivity contribution in [1.29, 1.82) is 0 Å². The topological polar surface area (TPSA) is 76.4 Å².